The Labute approximate surface area is 221 Å². The number of hydrogen-bond donors (Lipinski definition) is 3. The van der Waals surface area contributed by atoms with Gasteiger partial charge in [0.1, 0.15) is 11.3 Å². The third kappa shape index (κ3) is 4.23. The Morgan fingerprint density at radius 3 is 2.63 bits per heavy atom. The number of sulfonamides is 1. The fourth-order valence-electron chi connectivity index (χ4n) is 4.87. The number of aromatic nitrogens is 3. The molecule has 0 unspecified atom stereocenters. The zero-order valence-electron chi connectivity index (χ0n) is 20.0. The number of rotatable bonds is 6. The zero-order chi connectivity index (χ0) is 26.9. The Morgan fingerprint density at radius 1 is 1.21 bits per heavy atom. The molecule has 0 saturated heterocycles. The Kier molecular flexibility index (Phi) is 5.76. The van der Waals surface area contributed by atoms with Crippen LogP contribution < -0.4 is 15.3 Å². The summed E-state index contributed by atoms with van der Waals surface area (Å²) in [5, 5.41) is 24.5. The van der Waals surface area contributed by atoms with Gasteiger partial charge in [0.2, 0.25) is 10.0 Å². The predicted octanol–water partition coefficient (Wildman–Crippen LogP) is 2.64. The van der Waals surface area contributed by atoms with Gasteiger partial charge in [-0.05, 0) is 60.2 Å². The van der Waals surface area contributed by atoms with Gasteiger partial charge >= 0.3 is 7.12 Å². The first-order valence-electron chi connectivity index (χ1n) is 11.8. The van der Waals surface area contributed by atoms with E-state index in [2.05, 4.69) is 10.1 Å². The van der Waals surface area contributed by atoms with E-state index in [0.29, 0.717) is 38.6 Å². The van der Waals surface area contributed by atoms with Gasteiger partial charge in [0, 0.05) is 15.9 Å². The van der Waals surface area contributed by atoms with Crippen molar-refractivity contribution in [3.63, 3.8) is 0 Å². The molecule has 13 heteroatoms. The Morgan fingerprint density at radius 2 is 1.97 bits per heavy atom. The molecule has 0 aliphatic heterocycles. The van der Waals surface area contributed by atoms with Gasteiger partial charge in [-0.3, -0.25) is 9.10 Å². The van der Waals surface area contributed by atoms with Crippen LogP contribution in [0.5, 0.6) is 0 Å². The molecule has 1 fully saturated rings. The molecule has 0 bridgehead atoms. The summed E-state index contributed by atoms with van der Waals surface area (Å²) in [6, 6.07) is 10.4. The van der Waals surface area contributed by atoms with Crippen LogP contribution in [0.2, 0.25) is 5.02 Å². The van der Waals surface area contributed by atoms with Crippen molar-refractivity contribution >= 4 is 67.2 Å². The minimum absolute atomic E-state index is 0.0604. The van der Waals surface area contributed by atoms with E-state index in [9.17, 15) is 27.7 Å². The van der Waals surface area contributed by atoms with Gasteiger partial charge < -0.3 is 15.0 Å². The van der Waals surface area contributed by atoms with Crippen molar-refractivity contribution in [1.29, 1.82) is 0 Å². The smallest absolute Gasteiger partial charge is 0.423 e. The monoisotopic (exact) mass is 554 g/mol. The molecule has 0 atom stereocenters. The molecule has 3 heterocycles. The molecule has 5 aromatic rings. The minimum Gasteiger partial charge on any atom is -0.423 e. The maximum Gasteiger partial charge on any atom is 0.489 e. The largest absolute Gasteiger partial charge is 0.489 e. The van der Waals surface area contributed by atoms with Crippen molar-refractivity contribution in [1.82, 2.24) is 14.6 Å². The molecule has 6 rings (SSSR count). The lowest BCUT2D eigenvalue weighted by Gasteiger charge is -2.25. The fourth-order valence-corrected chi connectivity index (χ4v) is 6.07. The maximum absolute atomic E-state index is 13.8. The first-order chi connectivity index (χ1) is 18.0. The number of hydrogen-bond acceptors (Lipinski definition) is 6. The second-order valence-corrected chi connectivity index (χ2v) is 11.9. The van der Waals surface area contributed by atoms with Crippen LogP contribution in [-0.2, 0) is 16.6 Å². The number of fused-ring (bicyclic) bond motifs is 5. The SMILES string of the molecule is CS(=O)(=O)N(Cc1ccc(B(O)O)c(Cl)c1)c1cn2nc3c4ccc(F)cc4[nH]c(=O)c3c2cc1C1CC1. The van der Waals surface area contributed by atoms with Gasteiger partial charge in [-0.1, -0.05) is 23.7 Å². The number of H-pyrrole nitrogens is 1. The van der Waals surface area contributed by atoms with Gasteiger partial charge in [0.25, 0.3) is 5.56 Å². The number of nitrogens with zero attached hydrogens (tertiary/aromatic N) is 3. The Balaban J connectivity index is 1.56. The van der Waals surface area contributed by atoms with Gasteiger partial charge in [-0.15, -0.1) is 0 Å². The van der Waals surface area contributed by atoms with E-state index >= 15 is 0 Å². The summed E-state index contributed by atoms with van der Waals surface area (Å²) in [6.45, 7) is -0.0604. The molecule has 194 valence electrons. The lowest BCUT2D eigenvalue weighted by Crippen LogP contribution is -2.32. The Bertz CT molecular complexity index is 1940. The van der Waals surface area contributed by atoms with Crippen molar-refractivity contribution < 1.29 is 22.9 Å². The number of pyridine rings is 2. The van der Waals surface area contributed by atoms with Crippen LogP contribution in [0.1, 0.15) is 29.9 Å². The fraction of sp³-hybridized carbons (Fsp3) is 0.200. The van der Waals surface area contributed by atoms with Gasteiger partial charge in [0.05, 0.1) is 41.1 Å². The molecule has 2 aromatic carbocycles. The summed E-state index contributed by atoms with van der Waals surface area (Å²) in [5.41, 5.74) is 2.67. The predicted molar refractivity (Wildman–Crippen MR) is 145 cm³/mol. The van der Waals surface area contributed by atoms with Crippen molar-refractivity contribution in [3.05, 3.63) is 81.0 Å². The minimum atomic E-state index is -3.79. The van der Waals surface area contributed by atoms with E-state index in [1.807, 2.05) is 6.07 Å². The molecule has 3 N–H and O–H groups in total. The van der Waals surface area contributed by atoms with Crippen LogP contribution in [0, 0.1) is 5.82 Å². The molecule has 0 spiro atoms. The van der Waals surface area contributed by atoms with Crippen molar-refractivity contribution in [2.24, 2.45) is 0 Å². The quantitative estimate of drug-likeness (QED) is 0.277. The van der Waals surface area contributed by atoms with E-state index in [1.54, 1.807) is 18.3 Å². The summed E-state index contributed by atoms with van der Waals surface area (Å²) in [4.78, 5) is 15.7. The van der Waals surface area contributed by atoms with E-state index in [4.69, 9.17) is 11.6 Å². The highest BCUT2D eigenvalue weighted by molar-refractivity contribution is 7.92. The van der Waals surface area contributed by atoms with Crippen LogP contribution in [0.4, 0.5) is 10.1 Å². The summed E-state index contributed by atoms with van der Waals surface area (Å²) in [6.07, 6.45) is 4.46. The Hall–Kier alpha value is -3.45. The molecule has 9 nitrogen and oxygen atoms in total. The van der Waals surface area contributed by atoms with Crippen LogP contribution in [0.15, 0.2) is 53.5 Å². The molecule has 1 saturated carbocycles. The van der Waals surface area contributed by atoms with E-state index < -0.39 is 28.5 Å². The highest BCUT2D eigenvalue weighted by Gasteiger charge is 2.32. The second-order valence-electron chi connectivity index (χ2n) is 9.58. The molecular formula is C25H21BClFN4O5S. The third-order valence-electron chi connectivity index (χ3n) is 6.85. The van der Waals surface area contributed by atoms with E-state index in [0.717, 1.165) is 24.7 Å². The van der Waals surface area contributed by atoms with Gasteiger partial charge in [-0.2, -0.15) is 5.10 Å². The summed E-state index contributed by atoms with van der Waals surface area (Å²) in [5.74, 6) is -0.367. The lowest BCUT2D eigenvalue weighted by molar-refractivity contribution is 0.426. The number of aromatic amines is 1. The molecule has 38 heavy (non-hydrogen) atoms. The summed E-state index contributed by atoms with van der Waals surface area (Å²) >= 11 is 6.20. The lowest BCUT2D eigenvalue weighted by atomic mass is 9.80. The molecule has 0 radical (unpaired) electrons. The van der Waals surface area contributed by atoms with E-state index in [-0.39, 0.29) is 22.9 Å². The highest BCUT2D eigenvalue weighted by atomic mass is 35.5. The number of anilines is 1. The van der Waals surface area contributed by atoms with Crippen LogP contribution in [-0.4, -0.2) is 46.4 Å². The number of halogens is 2. The highest BCUT2D eigenvalue weighted by Crippen LogP contribution is 2.46. The maximum atomic E-state index is 13.8. The molecule has 3 aromatic heterocycles. The number of benzene rings is 2. The first kappa shape index (κ1) is 24.9. The van der Waals surface area contributed by atoms with E-state index in [1.165, 1.54) is 33.1 Å². The summed E-state index contributed by atoms with van der Waals surface area (Å²) in [7, 11) is -5.54. The zero-order valence-corrected chi connectivity index (χ0v) is 21.6. The average molecular weight is 555 g/mol. The van der Waals surface area contributed by atoms with Crippen LogP contribution >= 0.6 is 11.6 Å². The van der Waals surface area contributed by atoms with Crippen molar-refractivity contribution in [2.75, 3.05) is 10.6 Å². The molecular weight excluding hydrogens is 534 g/mol. The molecule has 1 aliphatic rings. The van der Waals surface area contributed by atoms with Gasteiger partial charge in [-0.25, -0.2) is 17.3 Å². The van der Waals surface area contributed by atoms with Crippen LogP contribution in [0.25, 0.3) is 27.3 Å². The second kappa shape index (κ2) is 8.80. The van der Waals surface area contributed by atoms with Gasteiger partial charge in [0.15, 0.2) is 0 Å². The van der Waals surface area contributed by atoms with Crippen molar-refractivity contribution in [2.45, 2.75) is 25.3 Å². The summed E-state index contributed by atoms with van der Waals surface area (Å²) < 4.78 is 42.6. The first-order valence-corrected chi connectivity index (χ1v) is 14.0. The normalized spacial score (nSPS) is 14.0. The van der Waals surface area contributed by atoms with Crippen molar-refractivity contribution in [3.8, 4) is 0 Å². The standard InChI is InChI=1S/C25H21BClFN4O5S/c1-38(36,37)32(11-13-2-7-18(26(34)35)19(27)8-13)22-12-31-21(10-17(22)14-3-4-14)23-24(30-31)16-6-5-15(28)9-20(16)29-25(23)33/h2,5-10,12,14,34-35H,3-4,11H2,1H3,(H,29,33). The average Bonchev–Trinajstić information content (AvgIpc) is 3.61. The topological polar surface area (TPSA) is 128 Å². The third-order valence-corrected chi connectivity index (χ3v) is 8.30. The van der Waals surface area contributed by atoms with Crippen LogP contribution in [0.3, 0.4) is 0 Å². The molecule has 1 aliphatic carbocycles. The number of nitrogens with one attached hydrogen (secondary N) is 1. The molecule has 0 amide bonds.